The number of nitrogens with zero attached hydrogens (tertiary/aromatic N) is 1. The van der Waals surface area contributed by atoms with E-state index in [9.17, 15) is 8.42 Å². The number of nitrogens with one attached hydrogen (secondary N) is 2. The van der Waals surface area contributed by atoms with Crippen molar-refractivity contribution in [2.45, 2.75) is 45.1 Å². The normalized spacial score (nSPS) is 28.6. The molecule has 2 atom stereocenters. The van der Waals surface area contributed by atoms with Gasteiger partial charge in [0.2, 0.25) is 0 Å². The van der Waals surface area contributed by atoms with Crippen molar-refractivity contribution in [3.63, 3.8) is 0 Å². The minimum Gasteiger partial charge on any atom is -0.380 e. The summed E-state index contributed by atoms with van der Waals surface area (Å²) in [7, 11) is -3.37. The quantitative estimate of drug-likeness (QED) is 0.678. The van der Waals surface area contributed by atoms with E-state index in [2.05, 4.69) is 17.0 Å². The summed E-state index contributed by atoms with van der Waals surface area (Å²) in [5.41, 5.74) is 0. The minimum absolute atomic E-state index is 0.0673. The Labute approximate surface area is 128 Å². The Morgan fingerprint density at radius 2 is 2.14 bits per heavy atom. The lowest BCUT2D eigenvalue weighted by atomic mass is 10.00. The molecule has 21 heavy (non-hydrogen) atoms. The van der Waals surface area contributed by atoms with Gasteiger partial charge in [0, 0.05) is 25.7 Å². The Morgan fingerprint density at radius 1 is 1.29 bits per heavy atom. The van der Waals surface area contributed by atoms with Crippen LogP contribution < -0.4 is 10.0 Å². The molecule has 2 unspecified atom stereocenters. The summed E-state index contributed by atoms with van der Waals surface area (Å²) in [6.45, 7) is 6.54. The summed E-state index contributed by atoms with van der Waals surface area (Å²) in [5, 5.41) is 3.40. The van der Waals surface area contributed by atoms with Crippen molar-refractivity contribution in [2.75, 3.05) is 39.4 Å². The molecule has 2 fully saturated rings. The monoisotopic (exact) mass is 319 g/mol. The lowest BCUT2D eigenvalue weighted by Crippen LogP contribution is -2.51. The first kappa shape index (κ1) is 17.1. The molecule has 2 aliphatic rings. The highest BCUT2D eigenvalue weighted by Crippen LogP contribution is 2.19. The van der Waals surface area contributed by atoms with Gasteiger partial charge in [-0.2, -0.15) is 17.4 Å². The molecule has 0 bridgehead atoms. The van der Waals surface area contributed by atoms with E-state index in [1.165, 1.54) is 0 Å². The Kier molecular flexibility index (Phi) is 6.88. The minimum atomic E-state index is -3.37. The van der Waals surface area contributed by atoms with Crippen LogP contribution in [0.25, 0.3) is 0 Å². The van der Waals surface area contributed by atoms with Crippen LogP contribution >= 0.6 is 0 Å². The first-order valence-corrected chi connectivity index (χ1v) is 9.61. The Balaban J connectivity index is 1.83. The van der Waals surface area contributed by atoms with Gasteiger partial charge in [-0.25, -0.2) is 0 Å². The predicted molar refractivity (Wildman–Crippen MR) is 83.4 cm³/mol. The molecule has 2 saturated heterocycles. The Bertz CT molecular complexity index is 396. The first-order chi connectivity index (χ1) is 10.1. The second kappa shape index (κ2) is 8.43. The maximum Gasteiger partial charge on any atom is 0.279 e. The van der Waals surface area contributed by atoms with E-state index in [-0.39, 0.29) is 6.04 Å². The topological polar surface area (TPSA) is 70.7 Å². The summed E-state index contributed by atoms with van der Waals surface area (Å²) in [6.07, 6.45) is 4.96. The molecule has 0 radical (unpaired) electrons. The van der Waals surface area contributed by atoms with Crippen LogP contribution in [-0.4, -0.2) is 58.2 Å². The molecule has 0 spiro atoms. The van der Waals surface area contributed by atoms with Crippen molar-refractivity contribution < 1.29 is 13.2 Å². The van der Waals surface area contributed by atoms with Gasteiger partial charge < -0.3 is 10.1 Å². The summed E-state index contributed by atoms with van der Waals surface area (Å²) >= 11 is 0. The van der Waals surface area contributed by atoms with Crippen LogP contribution in [-0.2, 0) is 14.9 Å². The number of ether oxygens (including phenoxy) is 1. The highest BCUT2D eigenvalue weighted by molar-refractivity contribution is 7.87. The van der Waals surface area contributed by atoms with Gasteiger partial charge in [-0.15, -0.1) is 0 Å². The van der Waals surface area contributed by atoms with E-state index in [0.29, 0.717) is 25.6 Å². The third kappa shape index (κ3) is 5.49. The van der Waals surface area contributed by atoms with E-state index in [1.807, 2.05) is 0 Å². The lowest BCUT2D eigenvalue weighted by Gasteiger charge is -2.33. The molecule has 7 heteroatoms. The van der Waals surface area contributed by atoms with Crippen molar-refractivity contribution in [3.05, 3.63) is 0 Å². The highest BCUT2D eigenvalue weighted by atomic mass is 32.2. The summed E-state index contributed by atoms with van der Waals surface area (Å²) in [5.74, 6) is 0.421. The number of rotatable bonds is 7. The van der Waals surface area contributed by atoms with Crippen LogP contribution in [0.15, 0.2) is 0 Å². The fourth-order valence-corrected chi connectivity index (χ4v) is 4.55. The average Bonchev–Trinajstić information content (AvgIpc) is 2.48. The average molecular weight is 319 g/mol. The zero-order valence-corrected chi connectivity index (χ0v) is 13.8. The summed E-state index contributed by atoms with van der Waals surface area (Å²) < 4.78 is 34.7. The lowest BCUT2D eigenvalue weighted by molar-refractivity contribution is 0.0766. The zero-order valence-electron chi connectivity index (χ0n) is 13.0. The molecule has 0 amide bonds. The largest absolute Gasteiger partial charge is 0.380 e. The molecule has 2 rings (SSSR count). The molecule has 124 valence electrons. The van der Waals surface area contributed by atoms with E-state index >= 15 is 0 Å². The van der Waals surface area contributed by atoms with E-state index in [4.69, 9.17) is 4.74 Å². The van der Waals surface area contributed by atoms with Gasteiger partial charge in [0.1, 0.15) is 0 Å². The second-order valence-corrected chi connectivity index (χ2v) is 7.81. The van der Waals surface area contributed by atoms with Gasteiger partial charge in [0.15, 0.2) is 0 Å². The van der Waals surface area contributed by atoms with Gasteiger partial charge in [0.25, 0.3) is 10.2 Å². The van der Waals surface area contributed by atoms with E-state index < -0.39 is 10.2 Å². The van der Waals surface area contributed by atoms with Gasteiger partial charge in [-0.1, -0.05) is 6.92 Å². The van der Waals surface area contributed by atoms with Crippen LogP contribution in [0.4, 0.5) is 0 Å². The molecule has 0 aromatic heterocycles. The number of piperidine rings is 1. The van der Waals surface area contributed by atoms with Crippen LogP contribution in [0.5, 0.6) is 0 Å². The fraction of sp³-hybridized carbons (Fsp3) is 1.00. The van der Waals surface area contributed by atoms with Gasteiger partial charge in [0.05, 0.1) is 6.61 Å². The molecular weight excluding hydrogens is 290 g/mol. The summed E-state index contributed by atoms with van der Waals surface area (Å²) in [4.78, 5) is 0. The molecule has 6 nitrogen and oxygen atoms in total. The van der Waals surface area contributed by atoms with Crippen LogP contribution in [0.2, 0.25) is 0 Å². The molecule has 2 aliphatic heterocycles. The van der Waals surface area contributed by atoms with Crippen molar-refractivity contribution in [2.24, 2.45) is 5.92 Å². The van der Waals surface area contributed by atoms with Gasteiger partial charge in [-0.05, 0) is 51.1 Å². The molecule has 2 N–H and O–H groups in total. The number of hydrogen-bond acceptors (Lipinski definition) is 4. The maximum atomic E-state index is 12.5. The second-order valence-electron chi connectivity index (χ2n) is 6.11. The molecule has 0 aliphatic carbocycles. The van der Waals surface area contributed by atoms with Gasteiger partial charge >= 0.3 is 0 Å². The fourth-order valence-electron chi connectivity index (χ4n) is 3.01. The Morgan fingerprint density at radius 3 is 2.86 bits per heavy atom. The molecule has 0 aromatic rings. The molecule has 0 aromatic carbocycles. The van der Waals surface area contributed by atoms with Crippen molar-refractivity contribution in [3.8, 4) is 0 Å². The third-order valence-electron chi connectivity index (χ3n) is 4.16. The predicted octanol–water partition coefficient (Wildman–Crippen LogP) is 0.711. The van der Waals surface area contributed by atoms with Crippen molar-refractivity contribution in [1.29, 1.82) is 0 Å². The number of hydrogen-bond donors (Lipinski definition) is 2. The molecular formula is C14H29N3O3S. The smallest absolute Gasteiger partial charge is 0.279 e. The van der Waals surface area contributed by atoms with Crippen LogP contribution in [0, 0.1) is 5.92 Å². The van der Waals surface area contributed by atoms with Crippen LogP contribution in [0.3, 0.4) is 0 Å². The maximum absolute atomic E-state index is 12.5. The SMILES string of the molecule is CCCNCC1CCCN(S(=O)(=O)NC2CCCOC2)C1. The third-order valence-corrected chi connectivity index (χ3v) is 5.80. The Hall–Kier alpha value is -0.210. The molecule has 2 heterocycles. The highest BCUT2D eigenvalue weighted by Gasteiger charge is 2.30. The standard InChI is InChI=1S/C14H29N3O3S/c1-2-7-15-10-13-5-3-8-17(11-13)21(18,19)16-14-6-4-9-20-12-14/h13-16H,2-12H2,1H3. The van der Waals surface area contributed by atoms with E-state index in [1.54, 1.807) is 4.31 Å². The summed E-state index contributed by atoms with van der Waals surface area (Å²) in [6, 6.07) is -0.0673. The zero-order chi connectivity index (χ0) is 15.1. The first-order valence-electron chi connectivity index (χ1n) is 8.17. The van der Waals surface area contributed by atoms with Crippen LogP contribution in [0.1, 0.15) is 39.0 Å². The van der Waals surface area contributed by atoms with E-state index in [0.717, 1.165) is 51.8 Å². The van der Waals surface area contributed by atoms with Crippen molar-refractivity contribution in [1.82, 2.24) is 14.3 Å². The molecule has 0 saturated carbocycles. The van der Waals surface area contributed by atoms with Gasteiger partial charge in [-0.3, -0.25) is 0 Å². The van der Waals surface area contributed by atoms with Crippen molar-refractivity contribution >= 4 is 10.2 Å².